The summed E-state index contributed by atoms with van der Waals surface area (Å²) < 4.78 is 0. The lowest BCUT2D eigenvalue weighted by Gasteiger charge is -2.42. The van der Waals surface area contributed by atoms with Gasteiger partial charge >= 0.3 is 0 Å². The van der Waals surface area contributed by atoms with Gasteiger partial charge in [0.15, 0.2) is 0 Å². The molecular weight excluding hydrogens is 428 g/mol. The first-order chi connectivity index (χ1) is 15.8. The van der Waals surface area contributed by atoms with Crippen molar-refractivity contribution in [2.24, 2.45) is 22.7 Å². The third-order valence-electron chi connectivity index (χ3n) is 7.24. The van der Waals surface area contributed by atoms with Crippen molar-refractivity contribution in [2.45, 2.75) is 114 Å². The van der Waals surface area contributed by atoms with E-state index >= 15 is 0 Å². The van der Waals surface area contributed by atoms with Crippen LogP contribution in [0.3, 0.4) is 0 Å². The topological polar surface area (TPSA) is 40.5 Å². The second-order valence-corrected chi connectivity index (χ2v) is 14.2. The summed E-state index contributed by atoms with van der Waals surface area (Å²) in [5.41, 5.74) is 5.96. The van der Waals surface area contributed by atoms with Gasteiger partial charge in [0.25, 0.3) is 0 Å². The molecule has 0 aliphatic carbocycles. The minimum Gasteiger partial charge on any atom is -0.507 e. The minimum absolute atomic E-state index is 0.206. The highest BCUT2D eigenvalue weighted by molar-refractivity contribution is 5.57. The number of aryl methyl sites for hydroxylation is 4. The van der Waals surface area contributed by atoms with E-state index in [0.717, 1.165) is 59.1 Å². The van der Waals surface area contributed by atoms with Crippen molar-refractivity contribution in [3.8, 4) is 11.5 Å². The Morgan fingerprint density at radius 1 is 0.571 bits per heavy atom. The number of benzene rings is 2. The van der Waals surface area contributed by atoms with Crippen LogP contribution >= 0.6 is 0 Å². The molecular formula is C33H52O2. The van der Waals surface area contributed by atoms with E-state index in [2.05, 4.69) is 93.5 Å². The van der Waals surface area contributed by atoms with Crippen LogP contribution in [0.25, 0.3) is 0 Å². The van der Waals surface area contributed by atoms with Gasteiger partial charge in [0, 0.05) is 16.5 Å². The number of rotatable bonds is 8. The summed E-state index contributed by atoms with van der Waals surface area (Å²) in [5, 5.41) is 23.1. The van der Waals surface area contributed by atoms with Crippen molar-refractivity contribution in [1.29, 1.82) is 0 Å². The molecule has 2 nitrogen and oxygen atoms in total. The van der Waals surface area contributed by atoms with Gasteiger partial charge in [-0.25, -0.2) is 0 Å². The summed E-state index contributed by atoms with van der Waals surface area (Å²) in [5.74, 6) is 1.58. The molecule has 0 aromatic heterocycles. The average molecular weight is 481 g/mol. The maximum Gasteiger partial charge on any atom is 0.122 e. The van der Waals surface area contributed by atoms with E-state index in [0.29, 0.717) is 23.3 Å². The lowest BCUT2D eigenvalue weighted by Crippen LogP contribution is -2.34. The second kappa shape index (κ2) is 10.6. The van der Waals surface area contributed by atoms with E-state index in [-0.39, 0.29) is 10.8 Å². The zero-order valence-electron chi connectivity index (χ0n) is 24.7. The third kappa shape index (κ3) is 7.51. The summed E-state index contributed by atoms with van der Waals surface area (Å²) in [6.07, 6.45) is 3.93. The minimum atomic E-state index is -0.489. The first-order valence-electron chi connectivity index (χ1n) is 13.5. The van der Waals surface area contributed by atoms with Gasteiger partial charge < -0.3 is 10.2 Å². The zero-order chi connectivity index (χ0) is 26.9. The monoisotopic (exact) mass is 480 g/mol. The Hall–Kier alpha value is -1.96. The molecule has 2 rings (SSSR count). The summed E-state index contributed by atoms with van der Waals surface area (Å²) in [6, 6.07) is 8.46. The highest BCUT2D eigenvalue weighted by Gasteiger charge is 2.42. The molecule has 35 heavy (non-hydrogen) atoms. The predicted molar refractivity (Wildman–Crippen MR) is 152 cm³/mol. The summed E-state index contributed by atoms with van der Waals surface area (Å²) in [4.78, 5) is 0. The summed E-state index contributed by atoms with van der Waals surface area (Å²) in [6.45, 7) is 26.7. The summed E-state index contributed by atoms with van der Waals surface area (Å²) in [7, 11) is 0. The molecule has 0 saturated heterocycles. The van der Waals surface area contributed by atoms with Crippen LogP contribution in [0.4, 0.5) is 0 Å². The van der Waals surface area contributed by atoms with Crippen molar-refractivity contribution in [3.05, 3.63) is 57.6 Å². The van der Waals surface area contributed by atoms with E-state index < -0.39 is 5.41 Å². The Bertz CT molecular complexity index is 933. The normalized spacial score (nSPS) is 14.7. The van der Waals surface area contributed by atoms with Crippen LogP contribution in [0.15, 0.2) is 24.3 Å². The van der Waals surface area contributed by atoms with Gasteiger partial charge in [0.1, 0.15) is 11.5 Å². The molecule has 2 atom stereocenters. The molecule has 0 radical (unpaired) electrons. The summed E-state index contributed by atoms with van der Waals surface area (Å²) >= 11 is 0. The molecule has 0 aliphatic heterocycles. The highest BCUT2D eigenvalue weighted by atomic mass is 16.3. The highest BCUT2D eigenvalue weighted by Crippen LogP contribution is 2.53. The van der Waals surface area contributed by atoms with Gasteiger partial charge in [-0.3, -0.25) is 0 Å². The van der Waals surface area contributed by atoms with E-state index in [4.69, 9.17) is 0 Å². The first-order valence-corrected chi connectivity index (χ1v) is 13.5. The van der Waals surface area contributed by atoms with E-state index in [1.165, 1.54) is 0 Å². The van der Waals surface area contributed by atoms with Crippen molar-refractivity contribution in [1.82, 2.24) is 0 Å². The number of hydrogen-bond acceptors (Lipinski definition) is 2. The van der Waals surface area contributed by atoms with Crippen LogP contribution in [0, 0.1) is 50.4 Å². The first kappa shape index (κ1) is 29.3. The average Bonchev–Trinajstić information content (AvgIpc) is 2.63. The van der Waals surface area contributed by atoms with Gasteiger partial charge in [-0.15, -0.1) is 0 Å². The van der Waals surface area contributed by atoms with Crippen LogP contribution in [0.5, 0.6) is 11.5 Å². The van der Waals surface area contributed by atoms with Crippen LogP contribution in [0.1, 0.15) is 114 Å². The number of phenols is 2. The number of hydrogen-bond donors (Lipinski definition) is 2. The molecule has 0 heterocycles. The van der Waals surface area contributed by atoms with Crippen LogP contribution in [0.2, 0.25) is 0 Å². The fraction of sp³-hybridized carbons (Fsp3) is 0.636. The maximum atomic E-state index is 11.6. The molecule has 2 unspecified atom stereocenters. The van der Waals surface area contributed by atoms with Gasteiger partial charge in [-0.1, -0.05) is 90.8 Å². The molecule has 0 spiro atoms. The van der Waals surface area contributed by atoms with Crippen molar-refractivity contribution in [2.75, 3.05) is 0 Å². The van der Waals surface area contributed by atoms with Crippen LogP contribution in [-0.2, 0) is 5.41 Å². The Kier molecular flexibility index (Phi) is 8.84. The predicted octanol–water partition coefficient (Wildman–Crippen LogP) is 9.54. The fourth-order valence-electron chi connectivity index (χ4n) is 6.74. The van der Waals surface area contributed by atoms with Gasteiger partial charge in [0.05, 0.1) is 0 Å². The van der Waals surface area contributed by atoms with Crippen molar-refractivity contribution >= 4 is 0 Å². The SMILES string of the molecule is Cc1cc(C)c(O)c(C(CC(C)CC(C)(C)C)(CC(C)CC(C)(C)C)c2cc(C)cc(C)c2O)c1. The van der Waals surface area contributed by atoms with Crippen LogP contribution in [-0.4, -0.2) is 10.2 Å². The smallest absolute Gasteiger partial charge is 0.122 e. The lowest BCUT2D eigenvalue weighted by atomic mass is 9.61. The van der Waals surface area contributed by atoms with Gasteiger partial charge in [-0.2, -0.15) is 0 Å². The van der Waals surface area contributed by atoms with E-state index in [1.807, 2.05) is 13.8 Å². The molecule has 0 fully saturated rings. The second-order valence-electron chi connectivity index (χ2n) is 14.2. The zero-order valence-corrected chi connectivity index (χ0v) is 24.7. The molecule has 2 heteroatoms. The van der Waals surface area contributed by atoms with E-state index in [1.54, 1.807) is 0 Å². The Morgan fingerprint density at radius 3 is 1.17 bits per heavy atom. The number of aromatic hydroxyl groups is 2. The Morgan fingerprint density at radius 2 is 0.886 bits per heavy atom. The van der Waals surface area contributed by atoms with Gasteiger partial charge in [-0.05, 0) is 87.2 Å². The van der Waals surface area contributed by atoms with Crippen LogP contribution < -0.4 is 0 Å². The molecule has 0 amide bonds. The number of phenolic OH excluding ortho intramolecular Hbond substituents is 2. The maximum absolute atomic E-state index is 11.6. The Balaban J connectivity index is 2.92. The third-order valence-corrected chi connectivity index (χ3v) is 7.24. The van der Waals surface area contributed by atoms with Gasteiger partial charge in [0.2, 0.25) is 0 Å². The Labute approximate surface area is 216 Å². The molecule has 2 aromatic rings. The standard InChI is InChI=1S/C33H52O2/c1-21-13-25(5)29(34)27(15-21)33(19-23(3)17-31(7,8)9,20-24(4)18-32(10,11)12)28-16-22(2)14-26(6)30(28)35/h13-16,23-24,34-35H,17-20H2,1-12H3. The molecule has 0 bridgehead atoms. The largest absolute Gasteiger partial charge is 0.507 e. The van der Waals surface area contributed by atoms with Crippen molar-refractivity contribution in [3.63, 3.8) is 0 Å². The quantitative estimate of drug-likeness (QED) is 0.395. The molecule has 0 aliphatic rings. The molecule has 0 saturated carbocycles. The molecule has 2 aromatic carbocycles. The van der Waals surface area contributed by atoms with Crippen molar-refractivity contribution < 1.29 is 10.2 Å². The van der Waals surface area contributed by atoms with E-state index in [9.17, 15) is 10.2 Å². The fourth-order valence-corrected chi connectivity index (χ4v) is 6.74. The molecule has 2 N–H and O–H groups in total. The molecule has 196 valence electrons. The lowest BCUT2D eigenvalue weighted by molar-refractivity contribution is 0.214.